The molecule has 1 aromatic carbocycles. The number of carbonyl (C=O) groups excluding carboxylic acids is 1. The van der Waals surface area contributed by atoms with Gasteiger partial charge in [-0.05, 0) is 38.8 Å². The predicted molar refractivity (Wildman–Crippen MR) is 103 cm³/mol. The first-order valence-corrected chi connectivity index (χ1v) is 8.71. The summed E-state index contributed by atoms with van der Waals surface area (Å²) in [6.45, 7) is 7.01. The number of aliphatic carboxylic acids is 2. The number of nitro benzene ring substituents is 1. The van der Waals surface area contributed by atoms with Crippen molar-refractivity contribution in [2.45, 2.75) is 58.0 Å². The van der Waals surface area contributed by atoms with Crippen LogP contribution >= 0.6 is 0 Å². The number of hydrogen-bond donors (Lipinski definition) is 5. The van der Waals surface area contributed by atoms with Gasteiger partial charge >= 0.3 is 17.9 Å². The van der Waals surface area contributed by atoms with E-state index in [2.05, 4.69) is 0 Å². The van der Waals surface area contributed by atoms with E-state index in [-0.39, 0.29) is 17.3 Å². The number of hydrogen-bond acceptors (Lipinski definition) is 9. The van der Waals surface area contributed by atoms with E-state index in [9.17, 15) is 24.5 Å². The summed E-state index contributed by atoms with van der Waals surface area (Å²) in [6.07, 6.45) is -3.88. The summed E-state index contributed by atoms with van der Waals surface area (Å²) in [5.74, 6) is -4.24. The molecule has 1 aromatic rings. The molecule has 0 spiro atoms. The van der Waals surface area contributed by atoms with Gasteiger partial charge in [-0.25, -0.2) is 14.4 Å². The molecular formula is C18H26N2O10. The molecule has 0 aliphatic heterocycles. The molecule has 0 aromatic heterocycles. The zero-order valence-electron chi connectivity index (χ0n) is 16.9. The zero-order chi connectivity index (χ0) is 23.8. The number of carboxylic acid groups (broad SMARTS) is 2. The fraction of sp³-hybridized carbons (Fsp3) is 0.500. The van der Waals surface area contributed by atoms with Crippen LogP contribution in [0.25, 0.3) is 0 Å². The fourth-order valence-corrected chi connectivity index (χ4v) is 1.94. The van der Waals surface area contributed by atoms with Crippen molar-refractivity contribution in [1.29, 1.82) is 0 Å². The van der Waals surface area contributed by atoms with Crippen molar-refractivity contribution in [2.75, 3.05) is 0 Å². The summed E-state index contributed by atoms with van der Waals surface area (Å²) in [6, 6.07) is 4.08. The van der Waals surface area contributed by atoms with Crippen molar-refractivity contribution in [1.82, 2.24) is 0 Å². The number of nitrogens with two attached hydrogens (primary N) is 1. The van der Waals surface area contributed by atoms with E-state index >= 15 is 0 Å². The van der Waals surface area contributed by atoms with Gasteiger partial charge in [-0.2, -0.15) is 0 Å². The minimum absolute atomic E-state index is 0.0584. The van der Waals surface area contributed by atoms with Gasteiger partial charge in [0.05, 0.1) is 4.92 Å². The Morgan fingerprint density at radius 1 is 1.13 bits per heavy atom. The van der Waals surface area contributed by atoms with Crippen LogP contribution in [0.2, 0.25) is 0 Å². The zero-order valence-corrected chi connectivity index (χ0v) is 16.9. The number of aliphatic hydroxyl groups is 2. The summed E-state index contributed by atoms with van der Waals surface area (Å²) < 4.78 is 5.17. The molecule has 30 heavy (non-hydrogen) atoms. The molecule has 0 fully saturated rings. The second-order valence-electron chi connectivity index (χ2n) is 7.12. The van der Waals surface area contributed by atoms with Crippen LogP contribution < -0.4 is 5.73 Å². The molecule has 168 valence electrons. The molecule has 6 N–H and O–H groups in total. The highest BCUT2D eigenvalue weighted by atomic mass is 16.6. The van der Waals surface area contributed by atoms with Crippen LogP contribution in [0, 0.1) is 10.1 Å². The van der Waals surface area contributed by atoms with Crippen molar-refractivity contribution >= 4 is 23.6 Å². The highest BCUT2D eigenvalue weighted by Crippen LogP contribution is 2.26. The fourth-order valence-electron chi connectivity index (χ4n) is 1.94. The van der Waals surface area contributed by atoms with Crippen molar-refractivity contribution < 1.29 is 44.5 Å². The molecule has 12 nitrogen and oxygen atoms in total. The average Bonchev–Trinajstić information content (AvgIpc) is 2.64. The van der Waals surface area contributed by atoms with E-state index in [0.29, 0.717) is 12.0 Å². The number of benzene rings is 1. The summed E-state index contributed by atoms with van der Waals surface area (Å²) in [5.41, 5.74) is 5.44. The standard InChI is InChI=1S/C14H20N2O4.C4H6O6/c1-5-11(15)9-6-7-10(12(8-9)16(18)19)13(17)20-14(2,3)4;5-1(3(7)8)2(6)4(9)10/h6-8,11H,5,15H2,1-4H3;1-2,5-6H,(H,7,8)(H,9,10)/t11-;1-,2-/m10/s1. The monoisotopic (exact) mass is 430 g/mol. The van der Waals surface area contributed by atoms with Crippen LogP contribution in [-0.4, -0.2) is 61.1 Å². The minimum atomic E-state index is -2.27. The van der Waals surface area contributed by atoms with Gasteiger partial charge < -0.3 is 30.9 Å². The van der Waals surface area contributed by atoms with Crippen molar-refractivity contribution in [2.24, 2.45) is 5.73 Å². The maximum atomic E-state index is 12.0. The van der Waals surface area contributed by atoms with Crippen LogP contribution in [0.1, 0.15) is 56.1 Å². The van der Waals surface area contributed by atoms with Gasteiger partial charge in [0.2, 0.25) is 0 Å². The van der Waals surface area contributed by atoms with Gasteiger partial charge in [-0.15, -0.1) is 0 Å². The first-order chi connectivity index (χ1) is 13.6. The molecule has 0 radical (unpaired) electrons. The molecule has 0 aliphatic carbocycles. The quantitative estimate of drug-likeness (QED) is 0.232. The van der Waals surface area contributed by atoms with Crippen LogP contribution in [0.4, 0.5) is 5.69 Å². The Morgan fingerprint density at radius 3 is 1.93 bits per heavy atom. The molecule has 0 bridgehead atoms. The smallest absolute Gasteiger partial charge is 0.345 e. The number of nitrogens with zero attached hydrogens (tertiary/aromatic N) is 1. The van der Waals surface area contributed by atoms with Gasteiger partial charge in [0.25, 0.3) is 5.69 Å². The molecular weight excluding hydrogens is 404 g/mol. The molecule has 0 unspecified atom stereocenters. The lowest BCUT2D eigenvalue weighted by Gasteiger charge is -2.19. The number of rotatable bonds is 7. The van der Waals surface area contributed by atoms with Crippen LogP contribution in [0.5, 0.6) is 0 Å². The van der Waals surface area contributed by atoms with Gasteiger partial charge in [0, 0.05) is 12.1 Å². The Bertz CT molecular complexity index is 770. The van der Waals surface area contributed by atoms with Crippen LogP contribution in [0.15, 0.2) is 18.2 Å². The van der Waals surface area contributed by atoms with E-state index in [1.165, 1.54) is 12.1 Å². The Kier molecular flexibility index (Phi) is 10.0. The summed E-state index contributed by atoms with van der Waals surface area (Å²) in [4.78, 5) is 42.0. The lowest BCUT2D eigenvalue weighted by Crippen LogP contribution is -2.39. The lowest BCUT2D eigenvalue weighted by molar-refractivity contribution is -0.385. The molecule has 12 heteroatoms. The highest BCUT2D eigenvalue weighted by Gasteiger charge is 2.29. The van der Waals surface area contributed by atoms with E-state index in [4.69, 9.17) is 30.9 Å². The molecule has 0 saturated carbocycles. The lowest BCUT2D eigenvalue weighted by atomic mass is 10.0. The first-order valence-electron chi connectivity index (χ1n) is 8.71. The third-order valence-electron chi connectivity index (χ3n) is 3.51. The Morgan fingerprint density at radius 2 is 1.60 bits per heavy atom. The summed E-state index contributed by atoms with van der Waals surface area (Å²) in [7, 11) is 0. The van der Waals surface area contributed by atoms with Crippen molar-refractivity contribution in [3.8, 4) is 0 Å². The van der Waals surface area contributed by atoms with Crippen molar-refractivity contribution in [3.63, 3.8) is 0 Å². The van der Waals surface area contributed by atoms with Crippen LogP contribution in [0.3, 0.4) is 0 Å². The van der Waals surface area contributed by atoms with E-state index < -0.39 is 40.6 Å². The van der Waals surface area contributed by atoms with Gasteiger partial charge in [0.1, 0.15) is 11.2 Å². The number of carbonyl (C=O) groups is 3. The SMILES string of the molecule is CC[C@@H](N)c1ccc(C(=O)OC(C)(C)C)c([N+](=O)[O-])c1.O=C(O)[C@@H](O)[C@H](O)C(=O)O. The number of carboxylic acids is 2. The third kappa shape index (κ3) is 8.51. The van der Waals surface area contributed by atoms with Gasteiger partial charge in [-0.1, -0.05) is 13.0 Å². The third-order valence-corrected chi connectivity index (χ3v) is 3.51. The Hall–Kier alpha value is -3.09. The topological polar surface area (TPSA) is 211 Å². The Balaban J connectivity index is 0.000000710. The maximum Gasteiger partial charge on any atom is 0.345 e. The van der Waals surface area contributed by atoms with E-state index in [1.807, 2.05) is 6.92 Å². The normalized spacial score (nSPS) is 13.8. The summed E-state index contributed by atoms with van der Waals surface area (Å²) in [5, 5.41) is 43.6. The molecule has 0 heterocycles. The number of ether oxygens (including phenoxy) is 1. The van der Waals surface area contributed by atoms with Crippen LogP contribution in [-0.2, 0) is 14.3 Å². The van der Waals surface area contributed by atoms with E-state index in [0.717, 1.165) is 0 Å². The second kappa shape index (κ2) is 11.2. The molecule has 0 aliphatic rings. The summed E-state index contributed by atoms with van der Waals surface area (Å²) >= 11 is 0. The Labute approximate surface area is 172 Å². The van der Waals surface area contributed by atoms with Gasteiger partial charge in [-0.3, -0.25) is 10.1 Å². The first kappa shape index (κ1) is 26.9. The maximum absolute atomic E-state index is 12.0. The second-order valence-corrected chi connectivity index (χ2v) is 7.12. The average molecular weight is 430 g/mol. The van der Waals surface area contributed by atoms with Crippen molar-refractivity contribution in [3.05, 3.63) is 39.4 Å². The minimum Gasteiger partial charge on any atom is -0.479 e. The predicted octanol–water partition coefficient (Wildman–Crippen LogP) is 0.837. The van der Waals surface area contributed by atoms with Gasteiger partial charge in [0.15, 0.2) is 12.2 Å². The molecule has 1 rings (SSSR count). The molecule has 0 amide bonds. The molecule has 3 atom stereocenters. The highest BCUT2D eigenvalue weighted by molar-refractivity contribution is 5.94. The largest absolute Gasteiger partial charge is 0.479 e. The number of nitro groups is 1. The number of aliphatic hydroxyl groups excluding tert-OH is 2. The molecule has 0 saturated heterocycles. The number of esters is 1. The van der Waals surface area contributed by atoms with E-state index in [1.54, 1.807) is 26.8 Å².